The maximum absolute atomic E-state index is 10.7. The number of pyridine rings is 3. The van der Waals surface area contributed by atoms with E-state index in [1.54, 1.807) is 36.5 Å². The van der Waals surface area contributed by atoms with Crippen LogP contribution in [0.5, 0.6) is 0 Å². The van der Waals surface area contributed by atoms with Gasteiger partial charge in [-0.05, 0) is 147 Å². The first-order valence-corrected chi connectivity index (χ1v) is 38.9. The summed E-state index contributed by atoms with van der Waals surface area (Å²) in [6, 6.07) is 114. The zero-order valence-corrected chi connectivity index (χ0v) is 72.6. The van der Waals surface area contributed by atoms with Gasteiger partial charge in [-0.2, -0.15) is 58.0 Å². The Balaban J connectivity index is 0.000000240. The van der Waals surface area contributed by atoms with Crippen molar-refractivity contribution in [2.24, 2.45) is 0 Å². The Hall–Kier alpha value is -11.3. The van der Waals surface area contributed by atoms with Crippen molar-refractivity contribution in [2.45, 2.75) is 105 Å². The number of alkyl halides is 3. The third-order valence-corrected chi connectivity index (χ3v) is 18.4. The number of aliphatic hydroxyl groups is 1. The van der Waals surface area contributed by atoms with Crippen molar-refractivity contribution in [1.29, 1.82) is 0 Å². The summed E-state index contributed by atoms with van der Waals surface area (Å²) in [5, 5.41) is 7.00. The molecule has 0 atom stereocenters. The number of rotatable bonds is 12. The van der Waals surface area contributed by atoms with E-state index >= 15 is 0 Å². The number of imidazole rings is 2. The number of aromatic nitrogens is 7. The molecule has 0 bridgehead atoms. The van der Waals surface area contributed by atoms with E-state index in [9.17, 15) is 13.2 Å². The number of hydrogen-bond acceptors (Lipinski definition) is 8. The van der Waals surface area contributed by atoms with Crippen molar-refractivity contribution in [2.75, 3.05) is 7.11 Å². The molecule has 18 heteroatoms. The van der Waals surface area contributed by atoms with Crippen LogP contribution in [-0.2, 0) is 50.3 Å². The Morgan fingerprint density at radius 3 is 1.08 bits per heavy atom. The molecule has 0 saturated heterocycles. The third kappa shape index (κ3) is 26.6. The predicted molar refractivity (Wildman–Crippen MR) is 469 cm³/mol. The van der Waals surface area contributed by atoms with Crippen molar-refractivity contribution in [3.63, 3.8) is 0 Å². The molecule has 0 aliphatic rings. The quantitative estimate of drug-likeness (QED) is 0.0683. The smallest absolute Gasteiger partial charge is 0.412 e. The molecule has 0 aliphatic carbocycles. The summed E-state index contributed by atoms with van der Waals surface area (Å²) in [6.45, 7) is 16.1. The zero-order valence-electron chi connectivity index (χ0n) is 73.0. The molecule has 0 fully saturated rings. The summed E-state index contributed by atoms with van der Waals surface area (Å²) in [6.07, 6.45) is 6.17. The Kier molecular flexibility index (Phi) is 34.4. The first-order valence-electron chi connectivity index (χ1n) is 40.5. The summed E-state index contributed by atoms with van der Waals surface area (Å²) in [4.78, 5) is 22.5. The van der Waals surface area contributed by atoms with Gasteiger partial charge in [-0.1, -0.05) is 225 Å². The van der Waals surface area contributed by atoms with Gasteiger partial charge in [0.15, 0.2) is 0 Å². The summed E-state index contributed by atoms with van der Waals surface area (Å²) in [7, 11) is -4.84. The summed E-state index contributed by atoms with van der Waals surface area (Å²) in [5.74, 6) is 3.53. The number of aryl methyl sites for hydroxylation is 3. The number of aliphatic hydroxyl groups excluding tert-OH is 1. The fraction of sp³-hybridized carbons (Fsp3) is 0.170. The van der Waals surface area contributed by atoms with Crippen LogP contribution in [0, 0.1) is 44.9 Å². The van der Waals surface area contributed by atoms with Crippen LogP contribution in [-0.4, -0.2) is 70.2 Å². The van der Waals surface area contributed by atoms with Gasteiger partial charge in [-0.25, -0.2) is 4.98 Å². The molecule has 0 amide bonds. The number of benzene rings is 11. The molecule has 16 aromatic rings. The SMILES string of the molecule is CC(C)c1cccc(C(C)C)c1-n1c(-c2[c-]cccc2)nc2cc(-c3ccccc3)ccc21.CC(C)c1cccc(C(C)C)c1-n1c(-c2ccccc2)nc2cc(-c3ccccc3)ccc21.CO.Cc1ccc(-c2[c-]cccc2)nc1.O.O=S(=O)(O)C(F)(F)F.[2H]C([2H])([2H])c1ccc(-c2[c-]cccc2)nc1.[2H]C([2H])([2H])c1cccnc1.[Ir].[Ir].[c-]1ccccc1. The first-order chi connectivity index (χ1) is 57.9. The van der Waals surface area contributed by atoms with E-state index in [2.05, 4.69) is 286 Å². The summed E-state index contributed by atoms with van der Waals surface area (Å²) in [5.41, 5.74) is 18.9. The fourth-order valence-corrected chi connectivity index (χ4v) is 12.3. The molecule has 0 unspecified atom stereocenters. The minimum atomic E-state index is -5.84. The molecule has 4 N–H and O–H groups in total. The van der Waals surface area contributed by atoms with Crippen LogP contribution in [0.2, 0.25) is 0 Å². The molecular formula is C100H98F3Ir2N7O5S-4. The van der Waals surface area contributed by atoms with Crippen molar-refractivity contribution in [3.05, 3.63) is 391 Å². The maximum Gasteiger partial charge on any atom is 0.522 e. The Morgan fingerprint density at radius 1 is 0.398 bits per heavy atom. The van der Waals surface area contributed by atoms with Crippen molar-refractivity contribution >= 4 is 32.2 Å². The largest absolute Gasteiger partial charge is 0.522 e. The van der Waals surface area contributed by atoms with Crippen LogP contribution in [0.1, 0.15) is 126 Å². The molecule has 5 heterocycles. The summed E-state index contributed by atoms with van der Waals surface area (Å²) < 4.78 is 105. The first kappa shape index (κ1) is 86.1. The maximum atomic E-state index is 10.7. The van der Waals surface area contributed by atoms with Gasteiger partial charge < -0.3 is 25.1 Å². The number of fused-ring (bicyclic) bond motifs is 2. The fourth-order valence-electron chi connectivity index (χ4n) is 12.3. The molecule has 118 heavy (non-hydrogen) atoms. The second kappa shape index (κ2) is 47.2. The normalized spacial score (nSPS) is 11.6. The second-order valence-electron chi connectivity index (χ2n) is 27.5. The van der Waals surface area contributed by atoms with E-state index in [0.29, 0.717) is 23.7 Å². The average molecular weight is 1960 g/mol. The monoisotopic (exact) mass is 1960 g/mol. The Morgan fingerprint density at radius 2 is 0.754 bits per heavy atom. The van der Waals surface area contributed by atoms with E-state index in [1.807, 2.05) is 104 Å². The van der Waals surface area contributed by atoms with Gasteiger partial charge in [0.25, 0.3) is 0 Å². The Bertz CT molecular complexity index is 5680. The number of hydrogen-bond donors (Lipinski definition) is 2. The standard InChI is InChI=1S/C31H30N2.C31H29N2.2C12H10N.C6H7N.C6H5.CHF3O3S.CH4O.2Ir.H2O/c2*1-21(2)26-16-11-17-27(22(3)4)30(26)33-29-19-18-25(23-12-7-5-8-13-23)20-28(29)32-31(33)24-14-9-6-10-15-24;2*1-10-7-8-12(13-9-10)11-5-3-2-4-6-11;1-6-3-2-4-7-5-6;1-2-4-6-5-3-1;2-1(3,4)8(5,6)7;1-2;;;/h5-22H,1-4H3;5-14,16-22H,1-4H3;2*2-5,7-9H,1H3;2-5H,1H3;1-5H;(H,5,6,7);2H,1H3;;;1H2/q;3*-1;;-1;;;;;/i;;1D3;;1D3;;;;;;. The molecule has 11 aromatic carbocycles. The van der Waals surface area contributed by atoms with Gasteiger partial charge in [0.05, 0.1) is 33.6 Å². The van der Waals surface area contributed by atoms with E-state index in [1.165, 1.54) is 73.8 Å². The molecule has 16 rings (SSSR count). The van der Waals surface area contributed by atoms with Crippen LogP contribution in [0.25, 0.3) is 101 Å². The summed E-state index contributed by atoms with van der Waals surface area (Å²) >= 11 is 0. The molecule has 0 aliphatic heterocycles. The molecule has 5 aromatic heterocycles. The third-order valence-electron chi connectivity index (χ3n) is 17.8. The van der Waals surface area contributed by atoms with Crippen LogP contribution < -0.4 is 0 Å². The van der Waals surface area contributed by atoms with Crippen molar-refractivity contribution < 1.29 is 85.2 Å². The average Bonchev–Trinajstić information content (AvgIpc) is 1.59. The zero-order chi connectivity index (χ0) is 87.4. The molecule has 2 radical (unpaired) electrons. The van der Waals surface area contributed by atoms with Crippen molar-refractivity contribution in [1.82, 2.24) is 34.1 Å². The topological polar surface area (TPSA) is 180 Å². The van der Waals surface area contributed by atoms with Crippen LogP contribution in [0.15, 0.2) is 328 Å². The molecule has 0 saturated carbocycles. The van der Waals surface area contributed by atoms with Gasteiger partial charge in [0.1, 0.15) is 5.82 Å². The van der Waals surface area contributed by atoms with E-state index in [4.69, 9.17) is 36.3 Å². The van der Waals surface area contributed by atoms with Crippen molar-refractivity contribution in [3.8, 4) is 78.9 Å². The number of halogens is 3. The van der Waals surface area contributed by atoms with Crippen LogP contribution in [0.4, 0.5) is 13.2 Å². The number of para-hydroxylation sites is 2. The van der Waals surface area contributed by atoms with Gasteiger partial charge in [0, 0.05) is 91.6 Å². The molecule has 12 nitrogen and oxygen atoms in total. The molecule has 0 spiro atoms. The molecular weight excluding hydrogens is 1850 g/mol. The van der Waals surface area contributed by atoms with Crippen LogP contribution >= 0.6 is 0 Å². The predicted octanol–water partition coefficient (Wildman–Crippen LogP) is 24.8. The second-order valence-corrected chi connectivity index (χ2v) is 28.9. The minimum absolute atomic E-state index is 0. The van der Waals surface area contributed by atoms with E-state index in [0.717, 1.165) is 74.5 Å². The van der Waals surface area contributed by atoms with E-state index < -0.39 is 29.3 Å². The van der Waals surface area contributed by atoms with Gasteiger partial charge in [0.2, 0.25) is 0 Å². The molecule has 612 valence electrons. The van der Waals surface area contributed by atoms with Gasteiger partial charge >= 0.3 is 15.6 Å². The van der Waals surface area contributed by atoms with E-state index in [-0.39, 0.29) is 56.8 Å². The van der Waals surface area contributed by atoms with Gasteiger partial charge in [-0.15, -0.1) is 108 Å². The van der Waals surface area contributed by atoms with Crippen LogP contribution in [0.3, 0.4) is 0 Å². The number of nitrogens with zero attached hydrogens (tertiary/aromatic N) is 7. The minimum Gasteiger partial charge on any atom is -0.412 e. The Labute approximate surface area is 729 Å². The van der Waals surface area contributed by atoms with Gasteiger partial charge in [-0.3, -0.25) is 19.1 Å².